The Hall–Kier alpha value is -4.38. The number of carbonyl (C=O) groups excluding carboxylic acids is 1. The van der Waals surface area contributed by atoms with Crippen molar-refractivity contribution in [3.63, 3.8) is 0 Å². The average Bonchev–Trinajstić information content (AvgIpc) is 2.85. The van der Waals surface area contributed by atoms with Crippen LogP contribution in [0, 0.1) is 0 Å². The first-order valence-corrected chi connectivity index (χ1v) is 10.8. The SMILES string of the molecule is CNc1nccc(-c2cccnc2Oc2ccc(NC(=O)Nc3cccc(C(F)(F)F)c3)cc2Cl)n1. The Morgan fingerprint density at radius 3 is 2.44 bits per heavy atom. The highest BCUT2D eigenvalue weighted by molar-refractivity contribution is 6.32. The number of aromatic nitrogens is 3. The molecule has 0 spiro atoms. The maximum Gasteiger partial charge on any atom is 0.416 e. The van der Waals surface area contributed by atoms with Crippen molar-refractivity contribution in [1.82, 2.24) is 15.0 Å². The predicted molar refractivity (Wildman–Crippen MR) is 130 cm³/mol. The second-order valence-corrected chi connectivity index (χ2v) is 7.68. The minimum atomic E-state index is -4.52. The first-order valence-electron chi connectivity index (χ1n) is 10.4. The van der Waals surface area contributed by atoms with Crippen LogP contribution in [0.4, 0.5) is 35.3 Å². The lowest BCUT2D eigenvalue weighted by Crippen LogP contribution is -2.19. The smallest absolute Gasteiger partial charge is 0.416 e. The summed E-state index contributed by atoms with van der Waals surface area (Å²) in [7, 11) is 1.70. The van der Waals surface area contributed by atoms with E-state index in [4.69, 9.17) is 16.3 Å². The molecule has 2 heterocycles. The van der Waals surface area contributed by atoms with Crippen LogP contribution in [-0.2, 0) is 6.18 Å². The Morgan fingerprint density at radius 2 is 1.72 bits per heavy atom. The zero-order valence-electron chi connectivity index (χ0n) is 18.6. The van der Waals surface area contributed by atoms with Crippen LogP contribution in [0.2, 0.25) is 5.02 Å². The first kappa shape index (κ1) is 24.7. The van der Waals surface area contributed by atoms with Crippen LogP contribution in [0.1, 0.15) is 5.56 Å². The van der Waals surface area contributed by atoms with Gasteiger partial charge in [-0.1, -0.05) is 17.7 Å². The zero-order valence-corrected chi connectivity index (χ0v) is 19.4. The van der Waals surface area contributed by atoms with E-state index in [-0.39, 0.29) is 22.3 Å². The standard InChI is InChI=1S/C24H18ClF3N6O2/c1-29-22-31-11-9-19(34-22)17-6-3-10-30-21(17)36-20-8-7-16(13-18(20)25)33-23(35)32-15-5-2-4-14(12-15)24(26,27)28/h2-13H,1H3,(H,29,31,34)(H2,32,33,35). The summed E-state index contributed by atoms with van der Waals surface area (Å²) in [5.74, 6) is 0.950. The van der Waals surface area contributed by atoms with Gasteiger partial charge < -0.3 is 20.7 Å². The number of nitrogens with zero attached hydrogens (tertiary/aromatic N) is 3. The van der Waals surface area contributed by atoms with Crippen LogP contribution in [0.25, 0.3) is 11.3 Å². The predicted octanol–water partition coefficient (Wildman–Crippen LogP) is 6.69. The fourth-order valence-corrected chi connectivity index (χ4v) is 3.35. The van der Waals surface area contributed by atoms with Crippen molar-refractivity contribution < 1.29 is 22.7 Å². The van der Waals surface area contributed by atoms with Gasteiger partial charge >= 0.3 is 12.2 Å². The lowest BCUT2D eigenvalue weighted by molar-refractivity contribution is -0.137. The summed E-state index contributed by atoms with van der Waals surface area (Å²) in [6, 6.07) is 13.3. The van der Waals surface area contributed by atoms with Gasteiger partial charge in [0.05, 0.1) is 21.8 Å². The molecule has 0 unspecified atom stereocenters. The highest BCUT2D eigenvalue weighted by atomic mass is 35.5. The molecule has 0 fully saturated rings. The summed E-state index contributed by atoms with van der Waals surface area (Å²) < 4.78 is 44.5. The topological polar surface area (TPSA) is 101 Å². The monoisotopic (exact) mass is 514 g/mol. The fraction of sp³-hybridized carbons (Fsp3) is 0.0833. The van der Waals surface area contributed by atoms with Gasteiger partial charge in [-0.15, -0.1) is 0 Å². The molecule has 4 rings (SSSR count). The summed E-state index contributed by atoms with van der Waals surface area (Å²) in [6.45, 7) is 0. The van der Waals surface area contributed by atoms with Crippen LogP contribution < -0.4 is 20.7 Å². The van der Waals surface area contributed by atoms with E-state index in [1.807, 2.05) is 0 Å². The third-order valence-electron chi connectivity index (χ3n) is 4.77. The second-order valence-electron chi connectivity index (χ2n) is 7.28. The van der Waals surface area contributed by atoms with Crippen LogP contribution in [0.3, 0.4) is 0 Å². The maximum absolute atomic E-state index is 12.9. The number of halogens is 4. The molecule has 0 atom stereocenters. The number of carbonyl (C=O) groups is 1. The van der Waals surface area contributed by atoms with Gasteiger partial charge in [0.1, 0.15) is 5.75 Å². The molecule has 12 heteroatoms. The molecular formula is C24H18ClF3N6O2. The van der Waals surface area contributed by atoms with Crippen molar-refractivity contribution >= 4 is 35.0 Å². The van der Waals surface area contributed by atoms with Gasteiger partial charge in [0, 0.05) is 30.8 Å². The Kier molecular flexibility index (Phi) is 7.20. The van der Waals surface area contributed by atoms with Gasteiger partial charge in [0.25, 0.3) is 0 Å². The lowest BCUT2D eigenvalue weighted by atomic mass is 10.2. The van der Waals surface area contributed by atoms with Gasteiger partial charge in [-0.3, -0.25) is 0 Å². The molecule has 4 aromatic rings. The highest BCUT2D eigenvalue weighted by Gasteiger charge is 2.30. The summed E-state index contributed by atoms with van der Waals surface area (Å²) in [5.41, 5.74) is 0.603. The summed E-state index contributed by atoms with van der Waals surface area (Å²) in [5, 5.41) is 7.92. The molecule has 0 aliphatic carbocycles. The van der Waals surface area contributed by atoms with E-state index in [1.54, 1.807) is 37.6 Å². The molecule has 2 aromatic heterocycles. The number of amides is 2. The molecule has 0 aliphatic heterocycles. The van der Waals surface area contributed by atoms with Gasteiger partial charge in [-0.2, -0.15) is 13.2 Å². The largest absolute Gasteiger partial charge is 0.437 e. The Balaban J connectivity index is 1.47. The molecule has 36 heavy (non-hydrogen) atoms. The Morgan fingerprint density at radius 1 is 0.944 bits per heavy atom. The molecule has 184 valence electrons. The molecule has 0 radical (unpaired) electrons. The van der Waals surface area contributed by atoms with Crippen molar-refractivity contribution in [3.05, 3.63) is 83.6 Å². The van der Waals surface area contributed by atoms with E-state index in [0.717, 1.165) is 12.1 Å². The molecule has 0 bridgehead atoms. The normalized spacial score (nSPS) is 11.0. The fourth-order valence-electron chi connectivity index (χ4n) is 3.13. The first-order chi connectivity index (χ1) is 17.2. The number of pyridine rings is 1. The molecule has 3 N–H and O–H groups in total. The summed E-state index contributed by atoms with van der Waals surface area (Å²) >= 11 is 6.35. The minimum absolute atomic E-state index is 0.0118. The molecule has 0 saturated carbocycles. The molecule has 8 nitrogen and oxygen atoms in total. The highest BCUT2D eigenvalue weighted by Crippen LogP contribution is 2.35. The minimum Gasteiger partial charge on any atom is -0.437 e. The third-order valence-corrected chi connectivity index (χ3v) is 5.07. The van der Waals surface area contributed by atoms with Crippen LogP contribution in [0.5, 0.6) is 11.6 Å². The molecule has 2 amide bonds. The lowest BCUT2D eigenvalue weighted by Gasteiger charge is -2.13. The van der Waals surface area contributed by atoms with E-state index < -0.39 is 17.8 Å². The van der Waals surface area contributed by atoms with E-state index in [1.165, 1.54) is 30.3 Å². The van der Waals surface area contributed by atoms with Gasteiger partial charge in [-0.25, -0.2) is 19.7 Å². The van der Waals surface area contributed by atoms with Crippen LogP contribution >= 0.6 is 11.6 Å². The van der Waals surface area contributed by atoms with Crippen molar-refractivity contribution in [3.8, 4) is 22.9 Å². The number of anilines is 3. The number of alkyl halides is 3. The number of hydrogen-bond acceptors (Lipinski definition) is 6. The van der Waals surface area contributed by atoms with E-state index in [9.17, 15) is 18.0 Å². The molecule has 0 saturated heterocycles. The number of urea groups is 1. The number of benzene rings is 2. The number of rotatable bonds is 6. The second kappa shape index (κ2) is 10.5. The average molecular weight is 515 g/mol. The molecular weight excluding hydrogens is 497 g/mol. The van der Waals surface area contributed by atoms with Crippen LogP contribution in [-0.4, -0.2) is 28.0 Å². The zero-order chi connectivity index (χ0) is 25.7. The Labute approximate surface area is 208 Å². The summed E-state index contributed by atoms with van der Waals surface area (Å²) in [6.07, 6.45) is -1.36. The van der Waals surface area contributed by atoms with Crippen molar-refractivity contribution in [2.75, 3.05) is 23.0 Å². The van der Waals surface area contributed by atoms with Gasteiger partial charge in [-0.05, 0) is 54.6 Å². The number of nitrogens with one attached hydrogen (secondary N) is 3. The van der Waals surface area contributed by atoms with E-state index in [2.05, 4.69) is 30.9 Å². The number of hydrogen-bond donors (Lipinski definition) is 3. The van der Waals surface area contributed by atoms with Crippen molar-refractivity contribution in [2.24, 2.45) is 0 Å². The van der Waals surface area contributed by atoms with Crippen molar-refractivity contribution in [2.45, 2.75) is 6.18 Å². The third kappa shape index (κ3) is 5.99. The van der Waals surface area contributed by atoms with Crippen LogP contribution in [0.15, 0.2) is 73.1 Å². The summed E-state index contributed by atoms with van der Waals surface area (Å²) in [4.78, 5) is 25.0. The van der Waals surface area contributed by atoms with E-state index >= 15 is 0 Å². The number of ether oxygens (including phenoxy) is 1. The maximum atomic E-state index is 12.9. The van der Waals surface area contributed by atoms with Gasteiger partial charge in [0.2, 0.25) is 11.8 Å². The van der Waals surface area contributed by atoms with E-state index in [0.29, 0.717) is 22.9 Å². The Bertz CT molecular complexity index is 1400. The van der Waals surface area contributed by atoms with Crippen molar-refractivity contribution in [1.29, 1.82) is 0 Å². The molecule has 2 aromatic carbocycles. The quantitative estimate of drug-likeness (QED) is 0.265. The van der Waals surface area contributed by atoms with Gasteiger partial charge in [0.15, 0.2) is 0 Å². The molecule has 0 aliphatic rings.